The first kappa shape index (κ1) is 11.2. The Bertz CT molecular complexity index is 427. The second kappa shape index (κ2) is 3.94. The number of benzene rings is 1. The lowest BCUT2D eigenvalue weighted by Crippen LogP contribution is -2.27. The van der Waals surface area contributed by atoms with Crippen LogP contribution >= 0.6 is 0 Å². The minimum Gasteiger partial charge on any atom is -0.329 e. The summed E-state index contributed by atoms with van der Waals surface area (Å²) in [4.78, 5) is 11.8. The molecule has 2 rings (SSSR count). The lowest BCUT2D eigenvalue weighted by Gasteiger charge is -2.11. The van der Waals surface area contributed by atoms with Crippen molar-refractivity contribution in [3.05, 3.63) is 35.4 Å². The normalized spacial score (nSPS) is 17.2. The van der Waals surface area contributed by atoms with Crippen LogP contribution < -0.4 is 5.73 Å². The maximum atomic E-state index is 13.3. The van der Waals surface area contributed by atoms with Crippen molar-refractivity contribution in [3.63, 3.8) is 0 Å². The largest absolute Gasteiger partial charge is 0.329 e. The second-order valence-electron chi connectivity index (χ2n) is 4.32. The predicted molar refractivity (Wildman–Crippen MR) is 55.8 cm³/mol. The summed E-state index contributed by atoms with van der Waals surface area (Å²) >= 11 is 0. The fourth-order valence-corrected chi connectivity index (χ4v) is 1.77. The van der Waals surface area contributed by atoms with Gasteiger partial charge in [-0.1, -0.05) is 6.07 Å². The molecule has 0 spiro atoms. The van der Waals surface area contributed by atoms with Crippen LogP contribution in [0.2, 0.25) is 0 Å². The Morgan fingerprint density at radius 2 is 2.06 bits per heavy atom. The van der Waals surface area contributed by atoms with Crippen molar-refractivity contribution in [2.75, 3.05) is 6.54 Å². The second-order valence-corrected chi connectivity index (χ2v) is 4.32. The van der Waals surface area contributed by atoms with E-state index in [1.54, 1.807) is 0 Å². The fourth-order valence-electron chi connectivity index (χ4n) is 1.77. The van der Waals surface area contributed by atoms with Gasteiger partial charge in [0.1, 0.15) is 17.4 Å². The molecule has 2 nitrogen and oxygen atoms in total. The Hall–Kier alpha value is -1.29. The van der Waals surface area contributed by atoms with Crippen molar-refractivity contribution in [1.82, 2.24) is 0 Å². The summed E-state index contributed by atoms with van der Waals surface area (Å²) in [6.07, 6.45) is 1.57. The molecule has 0 aliphatic heterocycles. The minimum atomic E-state index is -0.666. The molecule has 1 aromatic rings. The van der Waals surface area contributed by atoms with Gasteiger partial charge in [0.25, 0.3) is 0 Å². The van der Waals surface area contributed by atoms with Gasteiger partial charge in [-0.05, 0) is 24.5 Å². The first-order valence-corrected chi connectivity index (χ1v) is 5.25. The van der Waals surface area contributed by atoms with Crippen LogP contribution in [0.15, 0.2) is 18.2 Å². The van der Waals surface area contributed by atoms with Gasteiger partial charge in [-0.15, -0.1) is 0 Å². The number of ketones is 1. The standard InChI is InChI=1S/C12H13F2NO/c13-9-2-1-8(10(14)6-9)5-11(16)12(7-15)3-4-12/h1-2,6H,3-5,7,15H2. The molecule has 1 aliphatic carbocycles. The number of hydrogen-bond acceptors (Lipinski definition) is 2. The molecule has 0 radical (unpaired) electrons. The van der Waals surface area contributed by atoms with Gasteiger partial charge in [-0.25, -0.2) is 8.78 Å². The van der Waals surface area contributed by atoms with Gasteiger partial charge in [0.05, 0.1) is 0 Å². The molecule has 16 heavy (non-hydrogen) atoms. The maximum Gasteiger partial charge on any atom is 0.144 e. The Morgan fingerprint density at radius 3 is 2.56 bits per heavy atom. The van der Waals surface area contributed by atoms with E-state index in [-0.39, 0.29) is 17.8 Å². The molecule has 0 aromatic heterocycles. The van der Waals surface area contributed by atoms with Crippen LogP contribution in [0.1, 0.15) is 18.4 Å². The monoisotopic (exact) mass is 225 g/mol. The van der Waals surface area contributed by atoms with Gasteiger partial charge in [0.2, 0.25) is 0 Å². The number of rotatable bonds is 4. The van der Waals surface area contributed by atoms with E-state index in [4.69, 9.17) is 5.73 Å². The van der Waals surface area contributed by atoms with Crippen molar-refractivity contribution in [2.24, 2.45) is 11.1 Å². The van der Waals surface area contributed by atoms with E-state index in [2.05, 4.69) is 0 Å². The quantitative estimate of drug-likeness (QED) is 0.849. The lowest BCUT2D eigenvalue weighted by atomic mass is 9.95. The van der Waals surface area contributed by atoms with Crippen LogP contribution in [0.25, 0.3) is 0 Å². The highest BCUT2D eigenvalue weighted by Crippen LogP contribution is 2.46. The highest BCUT2D eigenvalue weighted by Gasteiger charge is 2.47. The molecular weight excluding hydrogens is 212 g/mol. The third-order valence-electron chi connectivity index (χ3n) is 3.20. The third kappa shape index (κ3) is 1.97. The van der Waals surface area contributed by atoms with Crippen LogP contribution in [-0.2, 0) is 11.2 Å². The molecule has 2 N–H and O–H groups in total. The van der Waals surface area contributed by atoms with Crippen LogP contribution in [0, 0.1) is 17.0 Å². The average molecular weight is 225 g/mol. The van der Waals surface area contributed by atoms with E-state index in [9.17, 15) is 13.6 Å². The molecule has 0 amide bonds. The minimum absolute atomic E-state index is 0.00329. The Labute approximate surface area is 92.4 Å². The smallest absolute Gasteiger partial charge is 0.144 e. The molecule has 1 saturated carbocycles. The fraction of sp³-hybridized carbons (Fsp3) is 0.417. The average Bonchev–Trinajstić information content (AvgIpc) is 3.03. The Morgan fingerprint density at radius 1 is 1.38 bits per heavy atom. The number of carbonyl (C=O) groups is 1. The van der Waals surface area contributed by atoms with E-state index < -0.39 is 17.0 Å². The van der Waals surface area contributed by atoms with Crippen LogP contribution in [0.4, 0.5) is 8.78 Å². The zero-order valence-electron chi connectivity index (χ0n) is 8.80. The highest BCUT2D eigenvalue weighted by molar-refractivity contribution is 5.89. The molecule has 4 heteroatoms. The SMILES string of the molecule is NCC1(C(=O)Cc2ccc(F)cc2F)CC1. The van der Waals surface area contributed by atoms with Gasteiger partial charge >= 0.3 is 0 Å². The van der Waals surface area contributed by atoms with Crippen molar-refractivity contribution in [3.8, 4) is 0 Å². The summed E-state index contributed by atoms with van der Waals surface area (Å²) < 4.78 is 26.0. The summed E-state index contributed by atoms with van der Waals surface area (Å²) in [5.74, 6) is -1.34. The zero-order valence-corrected chi connectivity index (χ0v) is 8.80. The van der Waals surface area contributed by atoms with E-state index in [1.165, 1.54) is 6.07 Å². The van der Waals surface area contributed by atoms with Crippen molar-refractivity contribution >= 4 is 5.78 Å². The van der Waals surface area contributed by atoms with Gasteiger partial charge in [-0.2, -0.15) is 0 Å². The van der Waals surface area contributed by atoms with E-state index in [1.807, 2.05) is 0 Å². The van der Waals surface area contributed by atoms with Crippen molar-refractivity contribution in [2.45, 2.75) is 19.3 Å². The molecule has 1 aliphatic rings. The van der Waals surface area contributed by atoms with Crippen LogP contribution in [0.5, 0.6) is 0 Å². The number of Topliss-reactive ketones (excluding diaryl/α,β-unsaturated/α-hetero) is 1. The van der Waals surface area contributed by atoms with Gasteiger partial charge in [0, 0.05) is 24.4 Å². The van der Waals surface area contributed by atoms with Crippen molar-refractivity contribution in [1.29, 1.82) is 0 Å². The molecule has 0 atom stereocenters. The number of carbonyl (C=O) groups excluding carboxylic acids is 1. The molecule has 0 heterocycles. The molecule has 1 fully saturated rings. The first-order chi connectivity index (χ1) is 7.57. The van der Waals surface area contributed by atoms with Crippen LogP contribution in [0.3, 0.4) is 0 Å². The van der Waals surface area contributed by atoms with Gasteiger partial charge in [0.15, 0.2) is 0 Å². The summed E-state index contributed by atoms with van der Waals surface area (Å²) in [6, 6.07) is 3.27. The molecule has 0 bridgehead atoms. The third-order valence-corrected chi connectivity index (χ3v) is 3.20. The van der Waals surface area contributed by atoms with Gasteiger partial charge < -0.3 is 5.73 Å². The number of halogens is 2. The maximum absolute atomic E-state index is 13.3. The van der Waals surface area contributed by atoms with Gasteiger partial charge in [-0.3, -0.25) is 4.79 Å². The first-order valence-electron chi connectivity index (χ1n) is 5.25. The number of hydrogen-bond donors (Lipinski definition) is 1. The Balaban J connectivity index is 2.12. The summed E-state index contributed by atoms with van der Waals surface area (Å²) in [7, 11) is 0. The van der Waals surface area contributed by atoms with E-state index in [0.717, 1.165) is 25.0 Å². The number of nitrogens with two attached hydrogens (primary N) is 1. The molecule has 0 unspecified atom stereocenters. The molecular formula is C12H13F2NO. The molecule has 0 saturated heterocycles. The Kier molecular flexibility index (Phi) is 2.76. The van der Waals surface area contributed by atoms with Crippen molar-refractivity contribution < 1.29 is 13.6 Å². The lowest BCUT2D eigenvalue weighted by molar-refractivity contribution is -0.123. The molecule has 1 aromatic carbocycles. The summed E-state index contributed by atoms with van der Waals surface area (Å²) in [6.45, 7) is 0.314. The van der Waals surface area contributed by atoms with E-state index in [0.29, 0.717) is 6.54 Å². The topological polar surface area (TPSA) is 43.1 Å². The summed E-state index contributed by atoms with van der Waals surface area (Å²) in [5, 5.41) is 0. The molecule has 86 valence electrons. The highest BCUT2D eigenvalue weighted by atomic mass is 19.1. The zero-order chi connectivity index (χ0) is 11.8. The van der Waals surface area contributed by atoms with Crippen LogP contribution in [-0.4, -0.2) is 12.3 Å². The van der Waals surface area contributed by atoms with E-state index >= 15 is 0 Å². The predicted octanol–water partition coefficient (Wildman–Crippen LogP) is 1.82. The summed E-state index contributed by atoms with van der Waals surface area (Å²) in [5.41, 5.74) is 5.32.